The number of aromatic nitrogens is 2. The predicted molar refractivity (Wildman–Crippen MR) is 70.7 cm³/mol. The van der Waals surface area contributed by atoms with Gasteiger partial charge < -0.3 is 15.1 Å². The molecule has 0 aromatic carbocycles. The Labute approximate surface area is 116 Å². The Kier molecular flexibility index (Phi) is 3.99. The van der Waals surface area contributed by atoms with Gasteiger partial charge in [0.2, 0.25) is 5.95 Å². The Hall–Kier alpha value is -2.02. The Morgan fingerprint density at radius 1 is 1.45 bits per heavy atom. The monoisotopic (exact) mass is 279 g/mol. The number of nitrogens with zero attached hydrogens (tertiary/aromatic N) is 3. The van der Waals surface area contributed by atoms with Crippen molar-refractivity contribution >= 4 is 17.7 Å². The molecular formula is C13H17N3O4. The van der Waals surface area contributed by atoms with E-state index in [1.807, 2.05) is 0 Å². The molecule has 2 N–H and O–H groups in total. The average Bonchev–Trinajstić information content (AvgIpc) is 2.38. The van der Waals surface area contributed by atoms with Crippen molar-refractivity contribution in [3.05, 3.63) is 17.5 Å². The van der Waals surface area contributed by atoms with Crippen LogP contribution >= 0.6 is 0 Å². The highest BCUT2D eigenvalue weighted by Gasteiger charge is 2.34. The van der Waals surface area contributed by atoms with Gasteiger partial charge in [-0.3, -0.25) is 9.59 Å². The Balaban J connectivity index is 2.22. The molecule has 0 amide bonds. The van der Waals surface area contributed by atoms with Gasteiger partial charge in [-0.15, -0.1) is 0 Å². The van der Waals surface area contributed by atoms with E-state index >= 15 is 0 Å². The molecule has 0 unspecified atom stereocenters. The molecule has 1 fully saturated rings. The maximum atomic E-state index is 11.3. The van der Waals surface area contributed by atoms with Gasteiger partial charge in [-0.1, -0.05) is 0 Å². The van der Waals surface area contributed by atoms with Crippen molar-refractivity contribution in [1.29, 1.82) is 0 Å². The summed E-state index contributed by atoms with van der Waals surface area (Å²) < 4.78 is 0. The Bertz CT molecular complexity index is 546. The van der Waals surface area contributed by atoms with Crippen molar-refractivity contribution in [3.63, 3.8) is 0 Å². The van der Waals surface area contributed by atoms with Gasteiger partial charge in [0.05, 0.1) is 17.4 Å². The molecule has 0 saturated carbocycles. The summed E-state index contributed by atoms with van der Waals surface area (Å²) in [5.74, 6) is -1.59. The molecule has 7 heteroatoms. The van der Waals surface area contributed by atoms with E-state index in [9.17, 15) is 14.7 Å². The van der Waals surface area contributed by atoms with Gasteiger partial charge in [-0.25, -0.2) is 9.97 Å². The summed E-state index contributed by atoms with van der Waals surface area (Å²) in [5.41, 5.74) is 1.03. The fourth-order valence-electron chi connectivity index (χ4n) is 2.32. The van der Waals surface area contributed by atoms with Crippen LogP contribution in [-0.4, -0.2) is 51.1 Å². The van der Waals surface area contributed by atoms with E-state index in [1.165, 1.54) is 13.1 Å². The molecule has 1 aliphatic heterocycles. The van der Waals surface area contributed by atoms with E-state index in [4.69, 9.17) is 5.11 Å². The van der Waals surface area contributed by atoms with Gasteiger partial charge in [-0.2, -0.15) is 0 Å². The lowest BCUT2D eigenvalue weighted by Gasteiger charge is -2.34. The lowest BCUT2D eigenvalue weighted by Crippen LogP contribution is -2.47. The van der Waals surface area contributed by atoms with Crippen molar-refractivity contribution in [2.45, 2.75) is 26.4 Å². The molecule has 1 aromatic rings. The number of carboxylic acid groups (broad SMARTS) is 1. The van der Waals surface area contributed by atoms with Crippen molar-refractivity contribution in [2.75, 3.05) is 18.0 Å². The Morgan fingerprint density at radius 2 is 2.15 bits per heavy atom. The number of Topliss-reactive ketones (excluding diaryl/α,β-unsaturated/α-hetero) is 1. The Morgan fingerprint density at radius 3 is 2.70 bits per heavy atom. The van der Waals surface area contributed by atoms with Crippen molar-refractivity contribution < 1.29 is 19.8 Å². The van der Waals surface area contributed by atoms with Gasteiger partial charge in [0.25, 0.3) is 0 Å². The largest absolute Gasteiger partial charge is 0.481 e. The summed E-state index contributed by atoms with van der Waals surface area (Å²) >= 11 is 0. The second-order valence-corrected chi connectivity index (χ2v) is 4.97. The lowest BCUT2D eigenvalue weighted by molar-refractivity contribution is -0.146. The number of carboxylic acids is 1. The highest BCUT2D eigenvalue weighted by molar-refractivity contribution is 5.94. The summed E-state index contributed by atoms with van der Waals surface area (Å²) in [6.07, 6.45) is 0.968. The molecule has 2 heterocycles. The van der Waals surface area contributed by atoms with Gasteiger partial charge in [0.15, 0.2) is 5.78 Å². The third kappa shape index (κ3) is 2.77. The zero-order chi connectivity index (χ0) is 14.9. The molecule has 0 bridgehead atoms. The zero-order valence-electron chi connectivity index (χ0n) is 11.4. The molecule has 2 rings (SSSR count). The number of ketones is 1. The second-order valence-electron chi connectivity index (χ2n) is 4.97. The minimum atomic E-state index is -1.03. The van der Waals surface area contributed by atoms with Crippen LogP contribution in [0.5, 0.6) is 0 Å². The number of aliphatic hydroxyl groups excluding tert-OH is 1. The number of aliphatic hydroxyl groups is 1. The van der Waals surface area contributed by atoms with E-state index in [0.29, 0.717) is 30.2 Å². The maximum absolute atomic E-state index is 11.3. The number of carbonyl (C=O) groups excluding carboxylic acids is 1. The van der Waals surface area contributed by atoms with Gasteiger partial charge in [0, 0.05) is 19.3 Å². The number of aryl methyl sites for hydroxylation is 1. The maximum Gasteiger partial charge on any atom is 0.310 e. The van der Waals surface area contributed by atoms with Crippen LogP contribution in [0.4, 0.5) is 5.95 Å². The number of anilines is 1. The van der Waals surface area contributed by atoms with Crippen molar-refractivity contribution in [3.8, 4) is 0 Å². The standard InChI is InChI=1S/C13H17N3O4/c1-7-9(8(2)17)5-14-13(15-7)16-4-3-11(18)10(6-16)12(19)20/h5,10-11,18H,3-4,6H2,1-2H3,(H,19,20)/t10-,11+/m1/s1. The van der Waals surface area contributed by atoms with Crippen LogP contribution in [0.25, 0.3) is 0 Å². The molecule has 7 nitrogen and oxygen atoms in total. The number of rotatable bonds is 3. The van der Waals surface area contributed by atoms with Crippen LogP contribution in [0.3, 0.4) is 0 Å². The molecule has 0 spiro atoms. The van der Waals surface area contributed by atoms with Gasteiger partial charge in [-0.05, 0) is 20.3 Å². The fourth-order valence-corrected chi connectivity index (χ4v) is 2.32. The van der Waals surface area contributed by atoms with Crippen LogP contribution in [0, 0.1) is 12.8 Å². The van der Waals surface area contributed by atoms with Crippen LogP contribution in [0.1, 0.15) is 29.4 Å². The zero-order valence-corrected chi connectivity index (χ0v) is 11.4. The first-order valence-electron chi connectivity index (χ1n) is 6.40. The van der Waals surface area contributed by atoms with E-state index in [2.05, 4.69) is 9.97 Å². The first-order chi connectivity index (χ1) is 9.40. The molecule has 1 saturated heterocycles. The number of aliphatic carboxylic acids is 1. The quantitative estimate of drug-likeness (QED) is 0.765. The number of carbonyl (C=O) groups is 2. The minimum Gasteiger partial charge on any atom is -0.481 e. The fraction of sp³-hybridized carbons (Fsp3) is 0.538. The van der Waals surface area contributed by atoms with Crippen LogP contribution < -0.4 is 4.90 Å². The summed E-state index contributed by atoms with van der Waals surface area (Å²) in [7, 11) is 0. The topological polar surface area (TPSA) is 104 Å². The first kappa shape index (κ1) is 14.4. The van der Waals surface area contributed by atoms with Gasteiger partial charge in [0.1, 0.15) is 5.92 Å². The first-order valence-corrected chi connectivity index (χ1v) is 6.40. The second kappa shape index (κ2) is 5.54. The third-order valence-electron chi connectivity index (χ3n) is 3.52. The van der Waals surface area contributed by atoms with Crippen LogP contribution in [-0.2, 0) is 4.79 Å². The number of hydrogen-bond donors (Lipinski definition) is 2. The SMILES string of the molecule is CC(=O)c1cnc(N2CC[C@H](O)[C@H](C(=O)O)C2)nc1C. The van der Waals surface area contributed by atoms with E-state index < -0.39 is 18.0 Å². The molecule has 1 aromatic heterocycles. The molecule has 20 heavy (non-hydrogen) atoms. The highest BCUT2D eigenvalue weighted by atomic mass is 16.4. The van der Waals surface area contributed by atoms with Gasteiger partial charge >= 0.3 is 5.97 Å². The third-order valence-corrected chi connectivity index (χ3v) is 3.52. The summed E-state index contributed by atoms with van der Waals surface area (Å²) in [5, 5.41) is 18.8. The van der Waals surface area contributed by atoms with E-state index in [0.717, 1.165) is 0 Å². The average molecular weight is 279 g/mol. The number of piperidine rings is 1. The van der Waals surface area contributed by atoms with Crippen LogP contribution in [0.15, 0.2) is 6.20 Å². The van der Waals surface area contributed by atoms with Crippen LogP contribution in [0.2, 0.25) is 0 Å². The molecule has 0 radical (unpaired) electrons. The number of hydrogen-bond acceptors (Lipinski definition) is 6. The van der Waals surface area contributed by atoms with E-state index in [-0.39, 0.29) is 12.3 Å². The van der Waals surface area contributed by atoms with Crippen molar-refractivity contribution in [2.24, 2.45) is 5.92 Å². The molecule has 1 aliphatic rings. The lowest BCUT2D eigenvalue weighted by atomic mass is 9.95. The summed E-state index contributed by atoms with van der Waals surface area (Å²) in [4.78, 5) is 32.5. The minimum absolute atomic E-state index is 0.105. The predicted octanol–water partition coefficient (Wildman–Crippen LogP) is 0.259. The highest BCUT2D eigenvalue weighted by Crippen LogP contribution is 2.21. The smallest absolute Gasteiger partial charge is 0.310 e. The normalized spacial score (nSPS) is 22.6. The molecule has 108 valence electrons. The van der Waals surface area contributed by atoms with Crippen molar-refractivity contribution in [1.82, 2.24) is 9.97 Å². The summed E-state index contributed by atoms with van der Waals surface area (Å²) in [6, 6.07) is 0. The summed E-state index contributed by atoms with van der Waals surface area (Å²) in [6.45, 7) is 3.82. The van der Waals surface area contributed by atoms with E-state index in [1.54, 1.807) is 11.8 Å². The molecular weight excluding hydrogens is 262 g/mol. The molecule has 2 atom stereocenters. The molecule has 0 aliphatic carbocycles.